The molecule has 172 valence electrons. The second-order valence-electron chi connectivity index (χ2n) is 8.46. The quantitative estimate of drug-likeness (QED) is 0.387. The largest absolute Gasteiger partial charge is 0.396 e. The normalized spacial score (nSPS) is 20.1. The zero-order valence-electron chi connectivity index (χ0n) is 18.1. The first-order valence-corrected chi connectivity index (χ1v) is 12.2. The summed E-state index contributed by atoms with van der Waals surface area (Å²) in [6.45, 7) is 1.44. The highest BCUT2D eigenvalue weighted by molar-refractivity contribution is 7.92. The van der Waals surface area contributed by atoms with Crippen LogP contribution in [0.2, 0.25) is 0 Å². The Morgan fingerprint density at radius 3 is 2.47 bits per heavy atom. The summed E-state index contributed by atoms with van der Waals surface area (Å²) in [6, 6.07) is 11.0. The van der Waals surface area contributed by atoms with Gasteiger partial charge in [-0.05, 0) is 54.4 Å². The highest BCUT2D eigenvalue weighted by atomic mass is 32.2. The Labute approximate surface area is 187 Å². The summed E-state index contributed by atoms with van der Waals surface area (Å²) in [6.07, 6.45) is 7.48. The second-order valence-corrected chi connectivity index (χ2v) is 10.9. The van der Waals surface area contributed by atoms with E-state index in [-0.39, 0.29) is 25.1 Å². The van der Waals surface area contributed by atoms with E-state index in [2.05, 4.69) is 6.08 Å². The van der Waals surface area contributed by atoms with Gasteiger partial charge in [0.15, 0.2) is 14.6 Å². The van der Waals surface area contributed by atoms with Crippen molar-refractivity contribution in [3.8, 4) is 11.1 Å². The summed E-state index contributed by atoms with van der Waals surface area (Å²) in [5.41, 5.74) is 3.70. The molecule has 8 nitrogen and oxygen atoms in total. The van der Waals surface area contributed by atoms with E-state index in [0.717, 1.165) is 29.4 Å². The van der Waals surface area contributed by atoms with Gasteiger partial charge in [0.05, 0.1) is 0 Å². The first-order valence-electron chi connectivity index (χ1n) is 10.3. The predicted molar refractivity (Wildman–Crippen MR) is 122 cm³/mol. The molecule has 3 N–H and O–H groups in total. The third-order valence-electron chi connectivity index (χ3n) is 6.22. The molecule has 1 aromatic carbocycles. The van der Waals surface area contributed by atoms with Crippen LogP contribution in [0.5, 0.6) is 0 Å². The number of nitrogens with zero attached hydrogens (tertiary/aromatic N) is 1. The summed E-state index contributed by atoms with van der Waals surface area (Å²) in [4.78, 5) is 24.5. The topological polar surface area (TPSA) is 126 Å². The van der Waals surface area contributed by atoms with E-state index < -0.39 is 20.5 Å². The van der Waals surface area contributed by atoms with Crippen LogP contribution in [-0.2, 0) is 21.2 Å². The Hall–Kier alpha value is -2.75. The average molecular weight is 461 g/mol. The van der Waals surface area contributed by atoms with Gasteiger partial charge in [-0.15, -0.1) is 0 Å². The molecule has 1 unspecified atom stereocenters. The molecule has 1 fully saturated rings. The third kappa shape index (κ3) is 5.17. The number of aryl methyl sites for hydroxylation is 1. The molecule has 0 bridgehead atoms. The lowest BCUT2D eigenvalue weighted by Crippen LogP contribution is -2.49. The number of carbonyl (C=O) groups excluding carboxylic acids is 1. The molecule has 1 aliphatic carbocycles. The summed E-state index contributed by atoms with van der Waals surface area (Å²) in [7, 11) is -3.83. The van der Waals surface area contributed by atoms with Crippen molar-refractivity contribution in [3.05, 3.63) is 64.6 Å². The number of aliphatic hydroxyl groups is 1. The standard InChI is InChI=1S/C23H28N2O6S/c1-23(22(28)24-29,32(2,30)31)10-12-25-11-9-19(14-21(25)27)17-6-3-16(4-7-17)5-8-18-13-20(18)15-26/h3-9,11,14,18,20,26,29H,10,12-13,15H2,1-2H3,(H,24,28)/t18-,20-,23?/m0/s1. The van der Waals surface area contributed by atoms with Crippen molar-refractivity contribution < 1.29 is 23.5 Å². The fraction of sp³-hybridized carbons (Fsp3) is 0.391. The molecule has 0 saturated heterocycles. The van der Waals surface area contributed by atoms with Gasteiger partial charge < -0.3 is 9.67 Å². The van der Waals surface area contributed by atoms with Gasteiger partial charge in [0, 0.05) is 31.7 Å². The van der Waals surface area contributed by atoms with Crippen LogP contribution in [0.1, 0.15) is 25.3 Å². The lowest BCUT2D eigenvalue weighted by molar-refractivity contribution is -0.131. The Morgan fingerprint density at radius 1 is 1.25 bits per heavy atom. The van der Waals surface area contributed by atoms with Crippen LogP contribution in [0.15, 0.2) is 53.5 Å². The number of rotatable bonds is 9. The van der Waals surface area contributed by atoms with Crippen LogP contribution in [0, 0.1) is 11.8 Å². The molecule has 1 aliphatic rings. The summed E-state index contributed by atoms with van der Waals surface area (Å²) < 4.78 is 23.6. The van der Waals surface area contributed by atoms with Gasteiger partial charge in [-0.2, -0.15) is 0 Å². The minimum Gasteiger partial charge on any atom is -0.396 e. The van der Waals surface area contributed by atoms with E-state index in [1.807, 2.05) is 30.3 Å². The van der Waals surface area contributed by atoms with Gasteiger partial charge in [0.25, 0.3) is 11.5 Å². The van der Waals surface area contributed by atoms with Gasteiger partial charge in [-0.25, -0.2) is 13.9 Å². The Bertz CT molecular complexity index is 1170. The van der Waals surface area contributed by atoms with E-state index in [1.54, 1.807) is 12.3 Å². The molecule has 3 rings (SSSR count). The number of aromatic nitrogens is 1. The molecule has 1 heterocycles. The van der Waals surface area contributed by atoms with Crippen molar-refractivity contribution in [2.24, 2.45) is 11.8 Å². The molecule has 0 aliphatic heterocycles. The summed E-state index contributed by atoms with van der Waals surface area (Å²) >= 11 is 0. The van der Waals surface area contributed by atoms with Crippen LogP contribution in [0.3, 0.4) is 0 Å². The highest BCUT2D eigenvalue weighted by Crippen LogP contribution is 2.39. The maximum absolute atomic E-state index is 12.6. The minimum atomic E-state index is -3.83. The van der Waals surface area contributed by atoms with Crippen molar-refractivity contribution in [2.75, 3.05) is 12.9 Å². The molecule has 32 heavy (non-hydrogen) atoms. The summed E-state index contributed by atoms with van der Waals surface area (Å²) in [5.74, 6) is -0.210. The van der Waals surface area contributed by atoms with Crippen LogP contribution in [0.4, 0.5) is 0 Å². The molecule has 0 radical (unpaired) electrons. The van der Waals surface area contributed by atoms with Crippen molar-refractivity contribution in [3.63, 3.8) is 0 Å². The van der Waals surface area contributed by atoms with E-state index in [1.165, 1.54) is 23.0 Å². The molecular weight excluding hydrogens is 432 g/mol. The number of pyridine rings is 1. The Balaban J connectivity index is 1.71. The maximum Gasteiger partial charge on any atom is 0.264 e. The Kier molecular flexibility index (Phi) is 7.02. The smallest absolute Gasteiger partial charge is 0.264 e. The van der Waals surface area contributed by atoms with Crippen molar-refractivity contribution >= 4 is 21.8 Å². The molecule has 2 aromatic rings. The number of hydrogen-bond acceptors (Lipinski definition) is 6. The fourth-order valence-electron chi connectivity index (χ4n) is 3.53. The monoisotopic (exact) mass is 460 g/mol. The molecule has 1 saturated carbocycles. The van der Waals surface area contributed by atoms with Gasteiger partial charge in [0.1, 0.15) is 0 Å². The number of benzene rings is 1. The number of sulfone groups is 1. The van der Waals surface area contributed by atoms with E-state index >= 15 is 0 Å². The molecule has 1 aromatic heterocycles. The first kappa shape index (κ1) is 23.9. The molecule has 1 amide bonds. The van der Waals surface area contributed by atoms with Crippen LogP contribution >= 0.6 is 0 Å². The fourth-order valence-corrected chi connectivity index (χ4v) is 4.37. The lowest BCUT2D eigenvalue weighted by atomic mass is 10.0. The van der Waals surface area contributed by atoms with Gasteiger partial charge in [-0.1, -0.05) is 36.4 Å². The number of hydrogen-bond donors (Lipinski definition) is 3. The molecule has 3 atom stereocenters. The predicted octanol–water partition coefficient (Wildman–Crippen LogP) is 1.86. The highest BCUT2D eigenvalue weighted by Gasteiger charge is 2.43. The average Bonchev–Trinajstić information content (AvgIpc) is 3.54. The number of hydroxylamine groups is 1. The van der Waals surface area contributed by atoms with Gasteiger partial charge >= 0.3 is 0 Å². The number of carbonyl (C=O) groups is 1. The lowest BCUT2D eigenvalue weighted by Gasteiger charge is -2.25. The van der Waals surface area contributed by atoms with Gasteiger partial charge in [-0.3, -0.25) is 14.8 Å². The summed E-state index contributed by atoms with van der Waals surface area (Å²) in [5, 5.41) is 18.0. The second kappa shape index (κ2) is 9.40. The number of nitrogens with one attached hydrogen (secondary N) is 1. The Morgan fingerprint density at radius 2 is 1.94 bits per heavy atom. The molecule has 9 heteroatoms. The SMILES string of the molecule is CC(CCn1ccc(-c2ccc(C=C[C@H]3C[C@H]3CO)cc2)cc1=O)(C(=O)NO)S(C)(=O)=O. The zero-order chi connectivity index (χ0) is 23.5. The third-order valence-corrected chi connectivity index (χ3v) is 8.24. The van der Waals surface area contributed by atoms with E-state index in [9.17, 15) is 18.0 Å². The van der Waals surface area contributed by atoms with E-state index in [0.29, 0.717) is 11.8 Å². The van der Waals surface area contributed by atoms with Crippen LogP contribution < -0.4 is 11.0 Å². The van der Waals surface area contributed by atoms with Crippen molar-refractivity contribution in [1.29, 1.82) is 0 Å². The van der Waals surface area contributed by atoms with E-state index in [4.69, 9.17) is 10.3 Å². The van der Waals surface area contributed by atoms with Crippen LogP contribution in [-0.4, -0.2) is 46.8 Å². The number of allylic oxidation sites excluding steroid dienone is 1. The molecular formula is C23H28N2O6S. The minimum absolute atomic E-state index is 0.00413. The number of amides is 1. The number of aliphatic hydroxyl groups excluding tert-OH is 1. The van der Waals surface area contributed by atoms with Crippen molar-refractivity contribution in [2.45, 2.75) is 31.1 Å². The van der Waals surface area contributed by atoms with Gasteiger partial charge in [0.2, 0.25) is 0 Å². The van der Waals surface area contributed by atoms with Crippen LogP contribution in [0.25, 0.3) is 17.2 Å². The first-order chi connectivity index (χ1) is 15.1. The maximum atomic E-state index is 12.6. The molecule has 0 spiro atoms. The zero-order valence-corrected chi connectivity index (χ0v) is 18.9. The van der Waals surface area contributed by atoms with Crippen molar-refractivity contribution in [1.82, 2.24) is 10.0 Å².